The van der Waals surface area contributed by atoms with Crippen molar-refractivity contribution in [2.24, 2.45) is 5.73 Å². The molecule has 2 aromatic rings. The Hall–Kier alpha value is -2.79. The minimum Gasteiger partial charge on any atom is -0.471 e. The number of hydrogen-bond donors (Lipinski definition) is 4. The van der Waals surface area contributed by atoms with E-state index < -0.39 is 23.6 Å². The third-order valence-electron chi connectivity index (χ3n) is 4.29. The maximum Gasteiger partial charge on any atom is 0.319 e. The number of ether oxygens (including phenoxy) is 1. The van der Waals surface area contributed by atoms with Gasteiger partial charge in [0.1, 0.15) is 28.8 Å². The van der Waals surface area contributed by atoms with E-state index >= 15 is 0 Å². The van der Waals surface area contributed by atoms with Crippen LogP contribution in [-0.2, 0) is 13.0 Å². The predicted octanol–water partition coefficient (Wildman–Crippen LogP) is 3.17. The summed E-state index contributed by atoms with van der Waals surface area (Å²) in [6, 6.07) is 1.99. The minimum atomic E-state index is -0.867. The van der Waals surface area contributed by atoms with Crippen molar-refractivity contribution >= 4 is 28.5 Å². The van der Waals surface area contributed by atoms with Gasteiger partial charge in [0.15, 0.2) is 0 Å². The van der Waals surface area contributed by atoms with Crippen LogP contribution in [0, 0.1) is 11.6 Å². The molecule has 1 heterocycles. The molecular weight excluding hydrogens is 428 g/mol. The number of benzene rings is 1. The molecule has 8 nitrogen and oxygen atoms in total. The number of halogens is 2. The fourth-order valence-corrected chi connectivity index (χ4v) is 3.40. The first-order chi connectivity index (χ1) is 14.7. The number of hydrogen-bond acceptors (Lipinski definition) is 6. The summed E-state index contributed by atoms with van der Waals surface area (Å²) in [6.45, 7) is 6.60. The zero-order valence-corrected chi connectivity index (χ0v) is 18.5. The lowest BCUT2D eigenvalue weighted by molar-refractivity contribution is 0.0996. The molecule has 0 aliphatic heterocycles. The zero-order valence-electron chi connectivity index (χ0n) is 17.7. The fraction of sp³-hybridized carbons (Fsp3) is 0.450. The van der Waals surface area contributed by atoms with Gasteiger partial charge in [0.25, 0.3) is 5.91 Å². The number of nitrogens with two attached hydrogens (primary N) is 1. The molecule has 5 N–H and O–H groups in total. The summed E-state index contributed by atoms with van der Waals surface area (Å²) in [5.74, 6) is -2.20. The van der Waals surface area contributed by atoms with Crippen LogP contribution in [0.25, 0.3) is 0 Å². The molecule has 1 aromatic carbocycles. The van der Waals surface area contributed by atoms with E-state index in [2.05, 4.69) is 20.3 Å². The summed E-state index contributed by atoms with van der Waals surface area (Å²) in [7, 11) is 0. The highest BCUT2D eigenvalue weighted by Gasteiger charge is 2.22. The van der Waals surface area contributed by atoms with E-state index in [0.717, 1.165) is 36.6 Å². The van der Waals surface area contributed by atoms with Gasteiger partial charge in [0.05, 0.1) is 0 Å². The molecule has 0 aliphatic rings. The van der Waals surface area contributed by atoms with Crippen molar-refractivity contribution < 1.29 is 23.1 Å². The number of primary amides is 1. The van der Waals surface area contributed by atoms with Gasteiger partial charge in [-0.2, -0.15) is 4.37 Å². The highest BCUT2D eigenvalue weighted by Crippen LogP contribution is 2.31. The van der Waals surface area contributed by atoms with E-state index in [9.17, 15) is 18.4 Å². The summed E-state index contributed by atoms with van der Waals surface area (Å²) in [6.07, 6.45) is 1.08. The van der Waals surface area contributed by atoms with Gasteiger partial charge < -0.3 is 21.1 Å². The van der Waals surface area contributed by atoms with Crippen LogP contribution in [0.2, 0.25) is 0 Å². The molecule has 2 rings (SSSR count). The zero-order chi connectivity index (χ0) is 23.0. The molecule has 0 saturated heterocycles. The van der Waals surface area contributed by atoms with Crippen molar-refractivity contribution in [3.63, 3.8) is 0 Å². The van der Waals surface area contributed by atoms with E-state index in [-0.39, 0.29) is 34.2 Å². The van der Waals surface area contributed by atoms with E-state index in [1.165, 1.54) is 0 Å². The van der Waals surface area contributed by atoms with Gasteiger partial charge >= 0.3 is 6.03 Å². The Kier molecular flexibility index (Phi) is 9.13. The van der Waals surface area contributed by atoms with Gasteiger partial charge in [-0.05, 0) is 48.6 Å². The average molecular weight is 456 g/mol. The van der Waals surface area contributed by atoms with E-state index in [1.54, 1.807) is 6.92 Å². The average Bonchev–Trinajstić information content (AvgIpc) is 3.10. The summed E-state index contributed by atoms with van der Waals surface area (Å²) >= 11 is 0.801. The smallest absolute Gasteiger partial charge is 0.319 e. The van der Waals surface area contributed by atoms with Crippen LogP contribution in [0.4, 0.5) is 18.6 Å². The molecule has 0 saturated carbocycles. The first kappa shape index (κ1) is 24.5. The van der Waals surface area contributed by atoms with Gasteiger partial charge in [-0.15, -0.1) is 0 Å². The van der Waals surface area contributed by atoms with Crippen LogP contribution < -0.4 is 26.4 Å². The number of nitrogens with zero attached hydrogens (tertiary/aromatic N) is 1. The molecule has 0 atom stereocenters. The Morgan fingerprint density at radius 3 is 2.52 bits per heavy atom. The number of carbonyl (C=O) groups is 2. The highest BCUT2D eigenvalue weighted by molar-refractivity contribution is 7.11. The lowest BCUT2D eigenvalue weighted by Crippen LogP contribution is -2.32. The van der Waals surface area contributed by atoms with Crippen molar-refractivity contribution in [3.05, 3.63) is 40.5 Å². The Morgan fingerprint density at radius 2 is 1.87 bits per heavy atom. The summed E-state index contributed by atoms with van der Waals surface area (Å²) < 4.78 is 37.5. The minimum absolute atomic E-state index is 0.0274. The van der Waals surface area contributed by atoms with Gasteiger partial charge in [-0.3, -0.25) is 10.1 Å². The number of nitrogens with one attached hydrogen (secondary N) is 3. The third-order valence-corrected chi connectivity index (χ3v) is 5.03. The molecule has 0 fully saturated rings. The molecule has 0 bridgehead atoms. The number of urea groups is 1. The number of anilines is 1. The molecule has 31 heavy (non-hydrogen) atoms. The monoisotopic (exact) mass is 455 g/mol. The molecular formula is C20H27F2N5O3S. The van der Waals surface area contributed by atoms with Crippen LogP contribution in [-0.4, -0.2) is 35.4 Å². The van der Waals surface area contributed by atoms with Crippen LogP contribution in [0.3, 0.4) is 0 Å². The second kappa shape index (κ2) is 11.6. The van der Waals surface area contributed by atoms with Gasteiger partial charge in [-0.25, -0.2) is 13.6 Å². The third kappa shape index (κ3) is 7.14. The van der Waals surface area contributed by atoms with Crippen LogP contribution >= 0.6 is 11.5 Å². The molecule has 0 spiro atoms. The standard InChI is InChI=1S/C20H27F2N5O3S/c1-4-12-8-15(22)13(9-14(12)21)10-30-18-16(17(23)28)19(31-27-18)26-20(29)25-7-5-6-24-11(2)3/h8-9,11,24H,4-7,10H2,1-3H3,(H2,23,28)(H2,25,26,29). The van der Waals surface area contributed by atoms with Crippen LogP contribution in [0.1, 0.15) is 48.7 Å². The normalized spacial score (nSPS) is 10.9. The van der Waals surface area contributed by atoms with Crippen molar-refractivity contribution in [1.29, 1.82) is 0 Å². The molecule has 11 heteroatoms. The predicted molar refractivity (Wildman–Crippen MR) is 115 cm³/mol. The van der Waals surface area contributed by atoms with E-state index in [4.69, 9.17) is 10.5 Å². The van der Waals surface area contributed by atoms with Crippen molar-refractivity contribution in [2.45, 2.75) is 46.3 Å². The number of carbonyl (C=O) groups excluding carboxylic acids is 2. The number of aromatic nitrogens is 1. The van der Waals surface area contributed by atoms with Gasteiger partial charge in [0, 0.05) is 18.2 Å². The number of aryl methyl sites for hydroxylation is 1. The topological polar surface area (TPSA) is 118 Å². The summed E-state index contributed by atoms with van der Waals surface area (Å²) in [4.78, 5) is 23.9. The van der Waals surface area contributed by atoms with Crippen molar-refractivity contribution in [3.8, 4) is 5.88 Å². The Bertz CT molecular complexity index is 920. The van der Waals surface area contributed by atoms with Crippen LogP contribution in [0.5, 0.6) is 5.88 Å². The molecule has 0 unspecified atom stereocenters. The number of rotatable bonds is 11. The van der Waals surface area contributed by atoms with Crippen molar-refractivity contribution in [1.82, 2.24) is 15.0 Å². The lowest BCUT2D eigenvalue weighted by Gasteiger charge is -2.10. The molecule has 170 valence electrons. The Morgan fingerprint density at radius 1 is 1.19 bits per heavy atom. The largest absolute Gasteiger partial charge is 0.471 e. The highest BCUT2D eigenvalue weighted by atomic mass is 32.1. The Balaban J connectivity index is 2.00. The Labute approximate surface area is 183 Å². The first-order valence-electron chi connectivity index (χ1n) is 9.90. The second-order valence-electron chi connectivity index (χ2n) is 7.08. The second-order valence-corrected chi connectivity index (χ2v) is 7.85. The van der Waals surface area contributed by atoms with Gasteiger partial charge in [-0.1, -0.05) is 20.8 Å². The molecule has 3 amide bonds. The summed E-state index contributed by atoms with van der Waals surface area (Å²) in [5.41, 5.74) is 5.49. The molecule has 0 radical (unpaired) electrons. The molecule has 0 aliphatic carbocycles. The lowest BCUT2D eigenvalue weighted by atomic mass is 10.1. The summed E-state index contributed by atoms with van der Waals surface area (Å²) in [5, 5.41) is 8.52. The van der Waals surface area contributed by atoms with E-state index in [1.807, 2.05) is 13.8 Å². The molecule has 1 aromatic heterocycles. The van der Waals surface area contributed by atoms with Crippen LogP contribution in [0.15, 0.2) is 12.1 Å². The maximum atomic E-state index is 14.1. The van der Waals surface area contributed by atoms with E-state index in [0.29, 0.717) is 19.0 Å². The SMILES string of the molecule is CCc1cc(F)c(COc2nsc(NC(=O)NCCCNC(C)C)c2C(N)=O)cc1F. The first-order valence-corrected chi connectivity index (χ1v) is 10.7. The quantitative estimate of drug-likeness (QED) is 0.388. The van der Waals surface area contributed by atoms with Gasteiger partial charge in [0.2, 0.25) is 5.88 Å². The maximum absolute atomic E-state index is 14.1. The fourth-order valence-electron chi connectivity index (χ4n) is 2.66. The number of amides is 3. The van der Waals surface area contributed by atoms with Crippen molar-refractivity contribution in [2.75, 3.05) is 18.4 Å².